The van der Waals surface area contributed by atoms with E-state index in [0.29, 0.717) is 13.0 Å². The number of hydrogen-bond acceptors (Lipinski definition) is 11. The average molecular weight is 1100 g/mol. The van der Waals surface area contributed by atoms with Crippen molar-refractivity contribution in [2.45, 2.75) is 346 Å². The smallest absolute Gasteiger partial charge is 0.397 e. The molecule has 0 aromatic heterocycles. The summed E-state index contributed by atoms with van der Waals surface area (Å²) in [6.07, 6.45) is 58.0. The van der Waals surface area contributed by atoms with Crippen LogP contribution < -0.4 is 0 Å². The second kappa shape index (κ2) is 54.2. The van der Waals surface area contributed by atoms with Crippen molar-refractivity contribution in [1.29, 1.82) is 0 Å². The number of allylic oxidation sites excluding steroid dienone is 4. The average Bonchev–Trinajstić information content (AvgIpc) is 3.40. The molecule has 13 heteroatoms. The van der Waals surface area contributed by atoms with Crippen LogP contribution in [0.5, 0.6) is 0 Å². The van der Waals surface area contributed by atoms with E-state index >= 15 is 0 Å². The number of esters is 1. The van der Waals surface area contributed by atoms with Gasteiger partial charge in [-0.25, -0.2) is 4.18 Å². The molecule has 0 bridgehead atoms. The summed E-state index contributed by atoms with van der Waals surface area (Å²) in [5, 5.41) is 30.9. The van der Waals surface area contributed by atoms with Gasteiger partial charge >= 0.3 is 16.4 Å². The molecule has 0 amide bonds. The first-order valence-electron chi connectivity index (χ1n) is 32.1. The van der Waals surface area contributed by atoms with Crippen LogP contribution >= 0.6 is 0 Å². The highest BCUT2D eigenvalue weighted by Gasteiger charge is 2.48. The Morgan fingerprint density at radius 3 is 1.18 bits per heavy atom. The lowest BCUT2D eigenvalue weighted by molar-refractivity contribution is -0.301. The van der Waals surface area contributed by atoms with E-state index in [2.05, 4.69) is 42.3 Å². The van der Waals surface area contributed by atoms with Crippen molar-refractivity contribution >= 4 is 16.4 Å². The van der Waals surface area contributed by atoms with E-state index in [0.717, 1.165) is 38.5 Å². The van der Waals surface area contributed by atoms with E-state index in [4.69, 9.17) is 18.9 Å². The third kappa shape index (κ3) is 46.3. The Hall–Kier alpha value is -1.42. The van der Waals surface area contributed by atoms with Crippen LogP contribution in [0.2, 0.25) is 0 Å². The Balaban J connectivity index is 2.24. The predicted molar refractivity (Wildman–Crippen MR) is 313 cm³/mol. The molecule has 0 radical (unpaired) electrons. The molecule has 1 aliphatic rings. The molecule has 1 heterocycles. The minimum Gasteiger partial charge on any atom is -0.457 e. The summed E-state index contributed by atoms with van der Waals surface area (Å²) < 4.78 is 59.6. The fraction of sp³-hybridized carbons (Fsp3) is 0.921. The van der Waals surface area contributed by atoms with Gasteiger partial charge in [-0.05, 0) is 64.2 Å². The Morgan fingerprint density at radius 1 is 0.487 bits per heavy atom. The lowest BCUT2D eigenvalue weighted by Gasteiger charge is -2.41. The topological polar surface area (TPSA) is 178 Å². The molecule has 0 aliphatic carbocycles. The van der Waals surface area contributed by atoms with Crippen LogP contribution in [-0.4, -0.2) is 97.5 Å². The van der Waals surface area contributed by atoms with Gasteiger partial charge in [0, 0.05) is 13.0 Å². The molecule has 0 saturated carbocycles. The van der Waals surface area contributed by atoms with Crippen molar-refractivity contribution < 1.29 is 56.2 Å². The molecular weight excluding hydrogens is 981 g/mol. The number of aliphatic hydroxyl groups is 3. The van der Waals surface area contributed by atoms with Crippen molar-refractivity contribution in [2.24, 2.45) is 0 Å². The lowest BCUT2D eigenvalue weighted by Crippen LogP contribution is -2.60. The molecule has 450 valence electrons. The zero-order chi connectivity index (χ0) is 55.3. The first-order chi connectivity index (χ1) is 37.1. The maximum Gasteiger partial charge on any atom is 0.397 e. The van der Waals surface area contributed by atoms with E-state index < -0.39 is 59.8 Å². The summed E-state index contributed by atoms with van der Waals surface area (Å²) in [5.41, 5.74) is 0. The van der Waals surface area contributed by atoms with Gasteiger partial charge in [0.2, 0.25) is 0 Å². The summed E-state index contributed by atoms with van der Waals surface area (Å²) in [5.74, 6) is -0.392. The van der Waals surface area contributed by atoms with E-state index in [1.807, 2.05) is 0 Å². The maximum absolute atomic E-state index is 13.0. The fourth-order valence-electron chi connectivity index (χ4n) is 10.2. The van der Waals surface area contributed by atoms with E-state index in [-0.39, 0.29) is 19.6 Å². The van der Waals surface area contributed by atoms with Crippen LogP contribution in [-0.2, 0) is 38.3 Å². The van der Waals surface area contributed by atoms with Crippen molar-refractivity contribution in [2.75, 3.05) is 26.4 Å². The fourth-order valence-corrected chi connectivity index (χ4v) is 10.7. The van der Waals surface area contributed by atoms with E-state index in [9.17, 15) is 33.1 Å². The monoisotopic (exact) mass is 1100 g/mol. The van der Waals surface area contributed by atoms with Crippen LogP contribution in [0.15, 0.2) is 24.3 Å². The predicted octanol–water partition coefficient (Wildman–Crippen LogP) is 16.7. The molecule has 6 atom stereocenters. The SMILES string of the molecule is CCCCCCCCCC/C=C\CCCCCCCCCCCCCCCC(=O)OC(COCCCCCCCCCCCCCC/C=C\CCCCCCCCCC)COC1OC(CO)C(O)C(OS(=O)(=O)O)C1O. The normalized spacial score (nSPS) is 18.6. The molecular formula is C63H120O12S. The maximum atomic E-state index is 13.0. The molecule has 1 fully saturated rings. The number of carbonyl (C=O) groups excluding carboxylic acids is 1. The van der Waals surface area contributed by atoms with Gasteiger partial charge in [-0.1, -0.05) is 263 Å². The molecule has 1 aliphatic heterocycles. The van der Waals surface area contributed by atoms with E-state index in [1.165, 1.54) is 244 Å². The van der Waals surface area contributed by atoms with Crippen molar-refractivity contribution in [3.05, 3.63) is 24.3 Å². The van der Waals surface area contributed by atoms with Gasteiger partial charge in [-0.15, -0.1) is 0 Å². The number of carbonyl (C=O) groups is 1. The minimum absolute atomic E-state index is 0.0404. The molecule has 0 aromatic carbocycles. The number of unbranched alkanes of at least 4 members (excludes halogenated alkanes) is 41. The Morgan fingerprint density at radius 2 is 0.829 bits per heavy atom. The number of aliphatic hydroxyl groups excluding tert-OH is 3. The van der Waals surface area contributed by atoms with Gasteiger partial charge in [0.1, 0.15) is 30.5 Å². The van der Waals surface area contributed by atoms with Crippen molar-refractivity contribution in [3.63, 3.8) is 0 Å². The van der Waals surface area contributed by atoms with Gasteiger partial charge in [-0.2, -0.15) is 8.42 Å². The van der Waals surface area contributed by atoms with Gasteiger partial charge in [0.15, 0.2) is 6.29 Å². The molecule has 1 saturated heterocycles. The number of rotatable bonds is 58. The highest BCUT2D eigenvalue weighted by Crippen LogP contribution is 2.26. The standard InChI is InChI=1S/C63H120O12S/c1-3-5-7-9-11-13-15-17-19-21-23-25-27-29-30-32-34-36-38-40-42-44-46-48-50-52-59(65)73-57(56-72-63-61(67)62(75-76(68,69)70)60(66)58(54-64)74-63)55-71-53-51-49-47-45-43-41-39-37-35-33-31-28-26-24-22-20-18-16-14-12-10-8-6-4-2/h21-24,57-58,60-64,66-67H,3-20,25-56H2,1-2H3,(H,68,69,70)/b23-21-,24-22-. The van der Waals surface area contributed by atoms with Gasteiger partial charge in [0.05, 0.1) is 19.8 Å². The van der Waals surface area contributed by atoms with Crippen LogP contribution in [0, 0.1) is 0 Å². The molecule has 4 N–H and O–H groups in total. The van der Waals surface area contributed by atoms with Crippen molar-refractivity contribution in [1.82, 2.24) is 0 Å². The van der Waals surface area contributed by atoms with Crippen LogP contribution in [0.1, 0.15) is 309 Å². The Kier molecular flexibility index (Phi) is 51.8. The highest BCUT2D eigenvalue weighted by molar-refractivity contribution is 7.80. The largest absolute Gasteiger partial charge is 0.457 e. The molecule has 6 unspecified atom stereocenters. The summed E-state index contributed by atoms with van der Waals surface area (Å²) >= 11 is 0. The van der Waals surface area contributed by atoms with E-state index in [1.54, 1.807) is 0 Å². The number of hydrogen-bond donors (Lipinski definition) is 4. The molecule has 76 heavy (non-hydrogen) atoms. The third-order valence-corrected chi connectivity index (χ3v) is 15.5. The second-order valence-corrected chi connectivity index (χ2v) is 23.4. The van der Waals surface area contributed by atoms with Crippen LogP contribution in [0.3, 0.4) is 0 Å². The first-order valence-corrected chi connectivity index (χ1v) is 33.5. The lowest BCUT2D eigenvalue weighted by atomic mass is 9.99. The third-order valence-electron chi connectivity index (χ3n) is 15.0. The molecule has 1 rings (SSSR count). The number of ether oxygens (including phenoxy) is 4. The highest BCUT2D eigenvalue weighted by atomic mass is 32.3. The summed E-state index contributed by atoms with van der Waals surface area (Å²) in [4.78, 5) is 13.0. The molecule has 12 nitrogen and oxygen atoms in total. The van der Waals surface area contributed by atoms with Crippen molar-refractivity contribution in [3.8, 4) is 0 Å². The van der Waals surface area contributed by atoms with Gasteiger partial charge in [0.25, 0.3) is 0 Å². The molecule has 0 aromatic rings. The van der Waals surface area contributed by atoms with Gasteiger partial charge in [-0.3, -0.25) is 9.35 Å². The summed E-state index contributed by atoms with van der Waals surface area (Å²) in [7, 11) is -5.07. The minimum atomic E-state index is -5.07. The zero-order valence-corrected chi connectivity index (χ0v) is 49.9. The Bertz CT molecular complexity index is 1410. The first kappa shape index (κ1) is 72.6. The quantitative estimate of drug-likeness (QED) is 0.0196. The van der Waals surface area contributed by atoms with Crippen LogP contribution in [0.4, 0.5) is 0 Å². The van der Waals surface area contributed by atoms with Gasteiger partial charge < -0.3 is 34.3 Å². The second-order valence-electron chi connectivity index (χ2n) is 22.4. The zero-order valence-electron chi connectivity index (χ0n) is 49.1. The van der Waals surface area contributed by atoms with Crippen LogP contribution in [0.25, 0.3) is 0 Å². The molecule has 0 spiro atoms. The Labute approximate surface area is 467 Å². The summed E-state index contributed by atoms with van der Waals surface area (Å²) in [6.45, 7) is 4.06. The summed E-state index contributed by atoms with van der Waals surface area (Å²) in [6, 6.07) is 0.